The van der Waals surface area contributed by atoms with E-state index in [0.717, 1.165) is 55.6 Å². The van der Waals surface area contributed by atoms with Crippen LogP contribution in [0.1, 0.15) is 31.2 Å². The van der Waals surface area contributed by atoms with E-state index in [-0.39, 0.29) is 0 Å². The lowest BCUT2D eigenvalue weighted by atomic mass is 10.1. The Morgan fingerprint density at radius 1 is 1.39 bits per heavy atom. The molecule has 5 nitrogen and oxygen atoms in total. The van der Waals surface area contributed by atoms with Crippen LogP contribution in [0.4, 0.5) is 0 Å². The van der Waals surface area contributed by atoms with E-state index >= 15 is 0 Å². The van der Waals surface area contributed by atoms with Crippen molar-refractivity contribution in [3.8, 4) is 5.19 Å². The molecule has 1 aromatic heterocycles. The molecule has 0 bridgehead atoms. The van der Waals surface area contributed by atoms with Gasteiger partial charge >= 0.3 is 0 Å². The molecule has 2 heterocycles. The predicted molar refractivity (Wildman–Crippen MR) is 73.1 cm³/mol. The largest absolute Gasteiger partial charge is 0.466 e. The van der Waals surface area contributed by atoms with Crippen molar-refractivity contribution in [2.45, 2.75) is 38.8 Å². The van der Waals surface area contributed by atoms with Crippen molar-refractivity contribution in [3.05, 3.63) is 5.01 Å². The highest BCUT2D eigenvalue weighted by molar-refractivity contribution is 7.13. The number of aromatic nitrogens is 2. The molecule has 0 unspecified atom stereocenters. The molecule has 6 heteroatoms. The van der Waals surface area contributed by atoms with Crippen molar-refractivity contribution in [1.29, 1.82) is 0 Å². The number of hydrogen-bond acceptors (Lipinski definition) is 6. The minimum absolute atomic E-state index is 0.311. The Morgan fingerprint density at radius 2 is 2.17 bits per heavy atom. The Labute approximate surface area is 113 Å². The van der Waals surface area contributed by atoms with Gasteiger partial charge in [-0.1, -0.05) is 23.4 Å². The van der Waals surface area contributed by atoms with Crippen molar-refractivity contribution in [3.63, 3.8) is 0 Å². The van der Waals surface area contributed by atoms with Crippen molar-refractivity contribution >= 4 is 11.3 Å². The van der Waals surface area contributed by atoms with Gasteiger partial charge in [-0.3, -0.25) is 0 Å². The third-order valence-corrected chi connectivity index (χ3v) is 3.90. The molecule has 1 aliphatic rings. The average molecular weight is 270 g/mol. The summed E-state index contributed by atoms with van der Waals surface area (Å²) in [5.41, 5.74) is 0. The van der Waals surface area contributed by atoms with Gasteiger partial charge in [0.2, 0.25) is 0 Å². The molecule has 0 saturated carbocycles. The van der Waals surface area contributed by atoms with Crippen molar-refractivity contribution in [1.82, 2.24) is 20.4 Å². The van der Waals surface area contributed by atoms with Crippen LogP contribution in [0.25, 0.3) is 0 Å². The zero-order valence-electron chi connectivity index (χ0n) is 11.2. The van der Waals surface area contributed by atoms with Gasteiger partial charge in [0.25, 0.3) is 5.19 Å². The predicted octanol–water partition coefficient (Wildman–Crippen LogP) is 1.51. The summed E-state index contributed by atoms with van der Waals surface area (Å²) in [5, 5.41) is 13.3. The van der Waals surface area contributed by atoms with Gasteiger partial charge in [0, 0.05) is 19.6 Å². The molecule has 1 aromatic rings. The molecule has 0 aromatic carbocycles. The lowest BCUT2D eigenvalue weighted by Crippen LogP contribution is -2.35. The summed E-state index contributed by atoms with van der Waals surface area (Å²) in [4.78, 5) is 2.33. The van der Waals surface area contributed by atoms with Crippen LogP contribution in [-0.2, 0) is 6.54 Å². The zero-order chi connectivity index (χ0) is 12.8. The van der Waals surface area contributed by atoms with Crippen LogP contribution >= 0.6 is 11.3 Å². The molecule has 1 fully saturated rings. The molecule has 0 radical (unpaired) electrons. The topological polar surface area (TPSA) is 50.3 Å². The summed E-state index contributed by atoms with van der Waals surface area (Å²) in [6.45, 7) is 6.18. The fourth-order valence-electron chi connectivity index (χ4n) is 1.97. The minimum atomic E-state index is 0.311. The highest BCUT2D eigenvalue weighted by atomic mass is 32.1. The molecule has 0 spiro atoms. The lowest BCUT2D eigenvalue weighted by Gasteiger charge is -2.28. The summed E-state index contributed by atoms with van der Waals surface area (Å²) in [6, 6.07) is 0. The molecular weight excluding hydrogens is 248 g/mol. The molecule has 1 N–H and O–H groups in total. The Balaban J connectivity index is 1.76. The van der Waals surface area contributed by atoms with E-state index in [1.54, 1.807) is 11.3 Å². The maximum absolute atomic E-state index is 5.88. The fraction of sp³-hybridized carbons (Fsp3) is 0.833. The van der Waals surface area contributed by atoms with E-state index in [1.165, 1.54) is 0 Å². The second-order valence-corrected chi connectivity index (χ2v) is 5.78. The van der Waals surface area contributed by atoms with Gasteiger partial charge in [-0.15, -0.1) is 5.10 Å². The van der Waals surface area contributed by atoms with Crippen molar-refractivity contribution in [2.24, 2.45) is 0 Å². The number of likely N-dealkylation sites (tertiary alicyclic amines) is 1. The molecule has 0 aliphatic carbocycles. The van der Waals surface area contributed by atoms with Crippen LogP contribution in [0.3, 0.4) is 0 Å². The van der Waals surface area contributed by atoms with Gasteiger partial charge in [-0.2, -0.15) is 0 Å². The normalized spacial score (nSPS) is 18.1. The van der Waals surface area contributed by atoms with E-state index < -0.39 is 0 Å². The summed E-state index contributed by atoms with van der Waals surface area (Å²) in [5.74, 6) is 0. The third kappa shape index (κ3) is 4.19. The third-order valence-electron chi connectivity index (χ3n) is 3.08. The standard InChI is InChI=1S/C12H22N4OS/c1-3-6-13-9-11-14-15-12(18-11)17-10-4-7-16(2)8-5-10/h10,13H,3-9H2,1-2H3. The first-order valence-electron chi connectivity index (χ1n) is 6.66. The molecule has 0 atom stereocenters. The lowest BCUT2D eigenvalue weighted by molar-refractivity contribution is 0.113. The fourth-order valence-corrected chi connectivity index (χ4v) is 2.70. The number of nitrogens with one attached hydrogen (secondary N) is 1. The first kappa shape index (κ1) is 13.7. The molecule has 18 heavy (non-hydrogen) atoms. The summed E-state index contributed by atoms with van der Waals surface area (Å²) in [7, 11) is 2.15. The quantitative estimate of drug-likeness (QED) is 0.794. The summed E-state index contributed by atoms with van der Waals surface area (Å²) < 4.78 is 5.88. The Hall–Kier alpha value is -0.720. The maximum Gasteiger partial charge on any atom is 0.294 e. The monoisotopic (exact) mass is 270 g/mol. The minimum Gasteiger partial charge on any atom is -0.466 e. The Kier molecular flexibility index (Phi) is 5.34. The molecular formula is C12H22N4OS. The number of rotatable bonds is 6. The van der Waals surface area contributed by atoms with Gasteiger partial charge in [-0.25, -0.2) is 0 Å². The average Bonchev–Trinajstić information content (AvgIpc) is 2.80. The van der Waals surface area contributed by atoms with E-state index in [2.05, 4.69) is 34.4 Å². The van der Waals surface area contributed by atoms with Crippen LogP contribution in [0.5, 0.6) is 5.19 Å². The van der Waals surface area contributed by atoms with E-state index in [9.17, 15) is 0 Å². The first-order valence-corrected chi connectivity index (χ1v) is 7.48. The van der Waals surface area contributed by atoms with E-state index in [1.807, 2.05) is 0 Å². The zero-order valence-corrected chi connectivity index (χ0v) is 12.0. The molecule has 0 amide bonds. The first-order chi connectivity index (χ1) is 8.78. The second kappa shape index (κ2) is 7.01. The summed E-state index contributed by atoms with van der Waals surface area (Å²) >= 11 is 1.56. The number of ether oxygens (including phenoxy) is 1. The Morgan fingerprint density at radius 3 is 2.89 bits per heavy atom. The van der Waals surface area contributed by atoms with E-state index in [0.29, 0.717) is 6.10 Å². The van der Waals surface area contributed by atoms with E-state index in [4.69, 9.17) is 4.74 Å². The number of hydrogen-bond donors (Lipinski definition) is 1. The smallest absolute Gasteiger partial charge is 0.294 e. The van der Waals surface area contributed by atoms with Gasteiger partial charge in [0.1, 0.15) is 11.1 Å². The van der Waals surface area contributed by atoms with Gasteiger partial charge in [0.15, 0.2) is 0 Å². The second-order valence-electron chi connectivity index (χ2n) is 4.76. The molecule has 1 aliphatic heterocycles. The number of piperidine rings is 1. The van der Waals surface area contributed by atoms with Crippen LogP contribution in [-0.4, -0.2) is 47.9 Å². The van der Waals surface area contributed by atoms with Crippen LogP contribution in [0, 0.1) is 0 Å². The van der Waals surface area contributed by atoms with Gasteiger partial charge in [0.05, 0.1) is 0 Å². The van der Waals surface area contributed by atoms with Crippen molar-refractivity contribution in [2.75, 3.05) is 26.7 Å². The number of nitrogens with zero attached hydrogens (tertiary/aromatic N) is 3. The highest BCUT2D eigenvalue weighted by Gasteiger charge is 2.19. The molecule has 1 saturated heterocycles. The summed E-state index contributed by atoms with van der Waals surface area (Å²) in [6.07, 6.45) is 3.61. The SMILES string of the molecule is CCCNCc1nnc(OC2CCN(C)CC2)s1. The van der Waals surface area contributed by atoms with Crippen molar-refractivity contribution < 1.29 is 4.74 Å². The highest BCUT2D eigenvalue weighted by Crippen LogP contribution is 2.22. The Bertz CT molecular complexity index is 350. The van der Waals surface area contributed by atoms with Crippen LogP contribution in [0.15, 0.2) is 0 Å². The molecule has 2 rings (SSSR count). The van der Waals surface area contributed by atoms with Gasteiger partial charge in [-0.05, 0) is 32.9 Å². The molecule has 102 valence electrons. The van der Waals surface area contributed by atoms with Gasteiger partial charge < -0.3 is 15.0 Å². The van der Waals surface area contributed by atoms with Crippen LogP contribution in [0.2, 0.25) is 0 Å². The van der Waals surface area contributed by atoms with Crippen LogP contribution < -0.4 is 10.1 Å². The maximum atomic E-state index is 5.88.